The molecule has 1 aromatic carbocycles. The number of benzene rings is 1. The van der Waals surface area contributed by atoms with Gasteiger partial charge in [-0.1, -0.05) is 12.1 Å². The predicted octanol–water partition coefficient (Wildman–Crippen LogP) is 5.42. The summed E-state index contributed by atoms with van der Waals surface area (Å²) in [6.07, 6.45) is 3.55. The fraction of sp³-hybridized carbons (Fsp3) is 0.150. The maximum absolute atomic E-state index is 4.79. The second-order valence-electron chi connectivity index (χ2n) is 6.16. The van der Waals surface area contributed by atoms with Crippen LogP contribution < -0.4 is 5.32 Å². The van der Waals surface area contributed by atoms with Crippen molar-refractivity contribution >= 4 is 33.1 Å². The molecule has 4 rings (SSSR count). The van der Waals surface area contributed by atoms with Crippen molar-refractivity contribution in [1.29, 1.82) is 0 Å². The Bertz CT molecular complexity index is 1050. The highest BCUT2D eigenvalue weighted by Gasteiger charge is 2.13. The molecule has 3 heterocycles. The summed E-state index contributed by atoms with van der Waals surface area (Å²) in [6, 6.07) is 12.4. The van der Waals surface area contributed by atoms with E-state index in [2.05, 4.69) is 55.3 Å². The van der Waals surface area contributed by atoms with Gasteiger partial charge in [0.2, 0.25) is 0 Å². The van der Waals surface area contributed by atoms with Gasteiger partial charge in [0, 0.05) is 28.5 Å². The van der Waals surface area contributed by atoms with Crippen LogP contribution in [0.1, 0.15) is 16.0 Å². The molecule has 0 spiro atoms. The van der Waals surface area contributed by atoms with Crippen LogP contribution in [0.15, 0.2) is 48.8 Å². The molecule has 0 saturated carbocycles. The van der Waals surface area contributed by atoms with Crippen LogP contribution in [-0.4, -0.2) is 15.0 Å². The molecule has 1 N–H and O–H groups in total. The minimum atomic E-state index is 0.690. The highest BCUT2D eigenvalue weighted by atomic mass is 32.1. The van der Waals surface area contributed by atoms with E-state index in [1.165, 1.54) is 16.0 Å². The summed E-state index contributed by atoms with van der Waals surface area (Å²) in [5.74, 6) is 1.53. The number of hydrogen-bond donors (Lipinski definition) is 1. The van der Waals surface area contributed by atoms with E-state index in [0.29, 0.717) is 5.82 Å². The number of anilines is 2. The maximum atomic E-state index is 4.79. The lowest BCUT2D eigenvalue weighted by atomic mass is 10.1. The predicted molar refractivity (Wildman–Crippen MR) is 105 cm³/mol. The van der Waals surface area contributed by atoms with Gasteiger partial charge >= 0.3 is 0 Å². The number of pyridine rings is 1. The Kier molecular flexibility index (Phi) is 3.93. The molecule has 0 aliphatic carbocycles. The highest BCUT2D eigenvalue weighted by molar-refractivity contribution is 7.18. The summed E-state index contributed by atoms with van der Waals surface area (Å²) in [5.41, 5.74) is 4.39. The molecule has 0 saturated heterocycles. The number of nitrogens with one attached hydrogen (secondary N) is 1. The van der Waals surface area contributed by atoms with Crippen LogP contribution in [0.2, 0.25) is 0 Å². The molecule has 0 radical (unpaired) electrons. The van der Waals surface area contributed by atoms with Crippen LogP contribution in [0, 0.1) is 20.8 Å². The van der Waals surface area contributed by atoms with Gasteiger partial charge in [0.15, 0.2) is 5.82 Å². The second kappa shape index (κ2) is 6.26. The van der Waals surface area contributed by atoms with Crippen molar-refractivity contribution in [3.63, 3.8) is 0 Å². The van der Waals surface area contributed by atoms with Gasteiger partial charge in [0.1, 0.15) is 10.6 Å². The van der Waals surface area contributed by atoms with Crippen LogP contribution in [0.4, 0.5) is 11.5 Å². The third-order valence-electron chi connectivity index (χ3n) is 4.08. The number of thiophene rings is 1. The molecule has 124 valence electrons. The van der Waals surface area contributed by atoms with Crippen molar-refractivity contribution in [2.75, 3.05) is 5.32 Å². The van der Waals surface area contributed by atoms with Crippen LogP contribution in [0.3, 0.4) is 0 Å². The third-order valence-corrected chi connectivity index (χ3v) is 5.03. The number of rotatable bonds is 3. The van der Waals surface area contributed by atoms with E-state index < -0.39 is 0 Å². The monoisotopic (exact) mass is 346 g/mol. The van der Waals surface area contributed by atoms with Crippen LogP contribution in [0.5, 0.6) is 0 Å². The fourth-order valence-corrected chi connectivity index (χ4v) is 3.64. The maximum Gasteiger partial charge on any atom is 0.164 e. The minimum absolute atomic E-state index is 0.690. The van der Waals surface area contributed by atoms with E-state index >= 15 is 0 Å². The van der Waals surface area contributed by atoms with E-state index in [1.54, 1.807) is 23.7 Å². The molecule has 0 fully saturated rings. The van der Waals surface area contributed by atoms with Gasteiger partial charge in [0.25, 0.3) is 0 Å². The second-order valence-corrected chi connectivity index (χ2v) is 7.39. The number of aromatic nitrogens is 3. The van der Waals surface area contributed by atoms with Crippen molar-refractivity contribution < 1.29 is 0 Å². The Hall–Kier alpha value is -2.79. The highest BCUT2D eigenvalue weighted by Crippen LogP contribution is 2.33. The molecule has 5 heteroatoms. The third kappa shape index (κ3) is 3.10. The minimum Gasteiger partial charge on any atom is -0.339 e. The molecule has 25 heavy (non-hydrogen) atoms. The van der Waals surface area contributed by atoms with Crippen molar-refractivity contribution in [3.05, 3.63) is 64.8 Å². The van der Waals surface area contributed by atoms with Gasteiger partial charge in [-0.05, 0) is 56.2 Å². The zero-order valence-electron chi connectivity index (χ0n) is 14.4. The fourth-order valence-electron chi connectivity index (χ4n) is 2.76. The lowest BCUT2D eigenvalue weighted by Gasteiger charge is -2.12. The van der Waals surface area contributed by atoms with Crippen LogP contribution in [-0.2, 0) is 0 Å². The van der Waals surface area contributed by atoms with Gasteiger partial charge in [-0.3, -0.25) is 4.98 Å². The Morgan fingerprint density at radius 2 is 1.88 bits per heavy atom. The van der Waals surface area contributed by atoms with Gasteiger partial charge in [-0.25, -0.2) is 9.97 Å². The number of aryl methyl sites for hydroxylation is 3. The average molecular weight is 346 g/mol. The normalized spacial score (nSPS) is 11.0. The summed E-state index contributed by atoms with van der Waals surface area (Å²) < 4.78 is 0. The van der Waals surface area contributed by atoms with E-state index in [9.17, 15) is 0 Å². The lowest BCUT2D eigenvalue weighted by Crippen LogP contribution is -2.00. The van der Waals surface area contributed by atoms with Crippen molar-refractivity contribution in [2.45, 2.75) is 20.8 Å². The first-order chi connectivity index (χ1) is 12.1. The first-order valence-corrected chi connectivity index (χ1v) is 8.94. The first kappa shape index (κ1) is 15.7. The topological polar surface area (TPSA) is 50.7 Å². The van der Waals surface area contributed by atoms with Gasteiger partial charge in [-0.2, -0.15) is 0 Å². The molecule has 4 nitrogen and oxygen atoms in total. The smallest absolute Gasteiger partial charge is 0.164 e. The van der Waals surface area contributed by atoms with E-state index in [0.717, 1.165) is 27.3 Å². The Morgan fingerprint density at radius 1 is 1.00 bits per heavy atom. The summed E-state index contributed by atoms with van der Waals surface area (Å²) >= 11 is 1.68. The summed E-state index contributed by atoms with van der Waals surface area (Å²) in [7, 11) is 0. The number of hydrogen-bond acceptors (Lipinski definition) is 5. The number of fused-ring (bicyclic) bond motifs is 1. The van der Waals surface area contributed by atoms with Gasteiger partial charge in [0.05, 0.1) is 5.39 Å². The Balaban J connectivity index is 1.88. The SMILES string of the molecule is Cc1ccc(C)c(Nc2nc(-c3cccnc3)nc3sc(C)cc23)c1. The van der Waals surface area contributed by atoms with E-state index in [-0.39, 0.29) is 0 Å². The lowest BCUT2D eigenvalue weighted by molar-refractivity contribution is 1.21. The molecule has 0 aliphatic rings. The average Bonchev–Trinajstić information content (AvgIpc) is 2.99. The van der Waals surface area contributed by atoms with E-state index in [1.807, 2.05) is 12.1 Å². The molecule has 4 aromatic rings. The van der Waals surface area contributed by atoms with Crippen LogP contribution >= 0.6 is 11.3 Å². The summed E-state index contributed by atoms with van der Waals surface area (Å²) in [5, 5.41) is 4.57. The quantitative estimate of drug-likeness (QED) is 0.538. The van der Waals surface area contributed by atoms with Gasteiger partial charge in [-0.15, -0.1) is 11.3 Å². The molecule has 0 atom stereocenters. The molecule has 0 bridgehead atoms. The molecule has 0 aliphatic heterocycles. The number of nitrogens with zero attached hydrogens (tertiary/aromatic N) is 3. The summed E-state index contributed by atoms with van der Waals surface area (Å²) in [4.78, 5) is 15.9. The van der Waals surface area contributed by atoms with Crippen molar-refractivity contribution in [2.24, 2.45) is 0 Å². The molecule has 0 unspecified atom stereocenters. The molecule has 3 aromatic heterocycles. The summed E-state index contributed by atoms with van der Waals surface area (Å²) in [6.45, 7) is 6.29. The standard InChI is InChI=1S/C20H18N4S/c1-12-6-7-13(2)17(9-12)22-19-16-10-14(3)25-20(16)24-18(23-19)15-5-4-8-21-11-15/h4-11H,1-3H3,(H,22,23,24). The Morgan fingerprint density at radius 3 is 2.68 bits per heavy atom. The molecule has 0 amide bonds. The van der Waals surface area contributed by atoms with Crippen molar-refractivity contribution in [3.8, 4) is 11.4 Å². The zero-order valence-corrected chi connectivity index (χ0v) is 15.2. The molecular formula is C20H18N4S. The van der Waals surface area contributed by atoms with E-state index in [4.69, 9.17) is 9.97 Å². The Labute approximate surface area is 150 Å². The first-order valence-electron chi connectivity index (χ1n) is 8.13. The largest absolute Gasteiger partial charge is 0.339 e. The molecular weight excluding hydrogens is 328 g/mol. The zero-order chi connectivity index (χ0) is 17.4. The van der Waals surface area contributed by atoms with Crippen molar-refractivity contribution in [1.82, 2.24) is 15.0 Å². The van der Waals surface area contributed by atoms with Gasteiger partial charge < -0.3 is 5.32 Å². The van der Waals surface area contributed by atoms with Crippen LogP contribution in [0.25, 0.3) is 21.6 Å².